The third-order valence-electron chi connectivity index (χ3n) is 2.76. The lowest BCUT2D eigenvalue weighted by Crippen LogP contribution is -2.02. The van der Waals surface area contributed by atoms with E-state index in [2.05, 4.69) is 18.8 Å². The molecule has 0 N–H and O–H groups in total. The van der Waals surface area contributed by atoms with Gasteiger partial charge < -0.3 is 9.47 Å². The highest BCUT2D eigenvalue weighted by Gasteiger charge is 2.07. The number of ether oxygens (including phenoxy) is 2. The van der Waals surface area contributed by atoms with Gasteiger partial charge in [-0.1, -0.05) is 25.4 Å². The van der Waals surface area contributed by atoms with E-state index in [1.165, 1.54) is 0 Å². The Kier molecular flexibility index (Phi) is 4.61. The Labute approximate surface area is 118 Å². The molecule has 1 heterocycles. The number of hydrogen-bond acceptors (Lipinski definition) is 3. The van der Waals surface area contributed by atoms with Gasteiger partial charge >= 0.3 is 0 Å². The molecular weight excluding hydrogens is 262 g/mol. The number of pyridine rings is 1. The summed E-state index contributed by atoms with van der Waals surface area (Å²) < 4.78 is 10.8. The highest BCUT2D eigenvalue weighted by atomic mass is 35.5. The first-order valence-electron chi connectivity index (χ1n) is 6.31. The van der Waals surface area contributed by atoms with Gasteiger partial charge in [0.1, 0.15) is 10.9 Å². The van der Waals surface area contributed by atoms with Crippen molar-refractivity contribution in [2.45, 2.75) is 20.5 Å². The van der Waals surface area contributed by atoms with Gasteiger partial charge in [0.05, 0.1) is 19.2 Å². The van der Waals surface area contributed by atoms with Crippen LogP contribution in [0.3, 0.4) is 0 Å². The highest BCUT2D eigenvalue weighted by Crippen LogP contribution is 2.24. The second kappa shape index (κ2) is 6.22. The van der Waals surface area contributed by atoms with Crippen LogP contribution in [0.2, 0.25) is 5.15 Å². The van der Waals surface area contributed by atoms with E-state index in [1.54, 1.807) is 7.11 Å². The summed E-state index contributed by atoms with van der Waals surface area (Å²) >= 11 is 6.18. The molecule has 19 heavy (non-hydrogen) atoms. The molecule has 0 amide bonds. The number of aromatic nitrogens is 1. The molecule has 1 aromatic heterocycles. The molecule has 0 aliphatic heterocycles. The SMILES string of the molecule is COc1ccc2cc(COCC(C)C)c(Cl)nc2c1. The van der Waals surface area contributed by atoms with Gasteiger partial charge in [-0.2, -0.15) is 0 Å². The van der Waals surface area contributed by atoms with Crippen LogP contribution in [0, 0.1) is 5.92 Å². The lowest BCUT2D eigenvalue weighted by molar-refractivity contribution is 0.0970. The summed E-state index contributed by atoms with van der Waals surface area (Å²) in [5, 5.41) is 1.53. The fourth-order valence-corrected chi connectivity index (χ4v) is 2.00. The van der Waals surface area contributed by atoms with Crippen LogP contribution in [0.1, 0.15) is 19.4 Å². The van der Waals surface area contributed by atoms with Crippen molar-refractivity contribution >= 4 is 22.5 Å². The van der Waals surface area contributed by atoms with E-state index in [-0.39, 0.29) is 0 Å². The monoisotopic (exact) mass is 279 g/mol. The maximum absolute atomic E-state index is 6.18. The summed E-state index contributed by atoms with van der Waals surface area (Å²) in [7, 11) is 1.64. The number of benzene rings is 1. The van der Waals surface area contributed by atoms with E-state index in [0.717, 1.165) is 28.8 Å². The van der Waals surface area contributed by atoms with E-state index in [9.17, 15) is 0 Å². The van der Waals surface area contributed by atoms with Crippen LogP contribution < -0.4 is 4.74 Å². The van der Waals surface area contributed by atoms with Gasteiger partial charge in [-0.15, -0.1) is 0 Å². The van der Waals surface area contributed by atoms with Crippen molar-refractivity contribution < 1.29 is 9.47 Å². The highest BCUT2D eigenvalue weighted by molar-refractivity contribution is 6.30. The average molecular weight is 280 g/mol. The minimum absolute atomic E-state index is 0.490. The zero-order chi connectivity index (χ0) is 13.8. The summed E-state index contributed by atoms with van der Waals surface area (Å²) in [4.78, 5) is 4.39. The number of rotatable bonds is 5. The van der Waals surface area contributed by atoms with Gasteiger partial charge in [-0.25, -0.2) is 4.98 Å². The molecule has 0 aliphatic carbocycles. The van der Waals surface area contributed by atoms with Crippen LogP contribution >= 0.6 is 11.6 Å². The molecule has 0 fully saturated rings. The summed E-state index contributed by atoms with van der Waals surface area (Å²) in [6.45, 7) is 5.45. The van der Waals surface area contributed by atoms with Crippen molar-refractivity contribution in [3.8, 4) is 5.75 Å². The quantitative estimate of drug-likeness (QED) is 0.773. The fraction of sp³-hybridized carbons (Fsp3) is 0.400. The van der Waals surface area contributed by atoms with Crippen molar-refractivity contribution in [2.24, 2.45) is 5.92 Å². The average Bonchev–Trinajstić information content (AvgIpc) is 2.38. The molecule has 102 valence electrons. The number of methoxy groups -OCH3 is 1. The van der Waals surface area contributed by atoms with Crippen molar-refractivity contribution in [3.63, 3.8) is 0 Å². The Morgan fingerprint density at radius 1 is 1.26 bits per heavy atom. The number of nitrogens with zero attached hydrogens (tertiary/aromatic N) is 1. The number of halogens is 1. The summed E-state index contributed by atoms with van der Waals surface area (Å²) in [5.41, 5.74) is 1.75. The second-order valence-corrected chi connectivity index (χ2v) is 5.26. The van der Waals surface area contributed by atoms with E-state index >= 15 is 0 Å². The van der Waals surface area contributed by atoms with Gasteiger partial charge in [0.2, 0.25) is 0 Å². The molecule has 0 unspecified atom stereocenters. The molecular formula is C15H18ClNO2. The van der Waals surface area contributed by atoms with E-state index < -0.39 is 0 Å². The predicted octanol–water partition coefficient (Wildman–Crippen LogP) is 4.07. The molecule has 3 nitrogen and oxygen atoms in total. The van der Waals surface area contributed by atoms with Crippen LogP contribution in [0.15, 0.2) is 24.3 Å². The third-order valence-corrected chi connectivity index (χ3v) is 3.09. The summed E-state index contributed by atoms with van der Waals surface area (Å²) in [5.74, 6) is 1.29. The van der Waals surface area contributed by atoms with Crippen LogP contribution in [-0.4, -0.2) is 18.7 Å². The minimum Gasteiger partial charge on any atom is -0.497 e. The van der Waals surface area contributed by atoms with Gasteiger partial charge in [0.25, 0.3) is 0 Å². The number of fused-ring (bicyclic) bond motifs is 1. The zero-order valence-corrected chi connectivity index (χ0v) is 12.2. The van der Waals surface area contributed by atoms with Crippen LogP contribution in [0.5, 0.6) is 5.75 Å². The fourth-order valence-electron chi connectivity index (χ4n) is 1.80. The first-order valence-corrected chi connectivity index (χ1v) is 6.69. The molecule has 0 aliphatic rings. The summed E-state index contributed by atoms with van der Waals surface area (Å²) in [6, 6.07) is 7.78. The van der Waals surface area contributed by atoms with E-state index in [4.69, 9.17) is 21.1 Å². The maximum Gasteiger partial charge on any atom is 0.135 e. The van der Waals surface area contributed by atoms with Crippen molar-refractivity contribution in [1.82, 2.24) is 4.98 Å². The van der Waals surface area contributed by atoms with E-state index in [1.807, 2.05) is 24.3 Å². The second-order valence-electron chi connectivity index (χ2n) is 4.91. The molecule has 0 radical (unpaired) electrons. The normalized spacial score (nSPS) is 11.2. The first-order chi connectivity index (χ1) is 9.10. The van der Waals surface area contributed by atoms with Gasteiger partial charge in [-0.3, -0.25) is 0 Å². The molecule has 2 rings (SSSR count). The Hall–Kier alpha value is -1.32. The van der Waals surface area contributed by atoms with Crippen LogP contribution in [-0.2, 0) is 11.3 Å². The summed E-state index contributed by atoms with van der Waals surface area (Å²) in [6.07, 6.45) is 0. The lowest BCUT2D eigenvalue weighted by Gasteiger charge is -2.09. The molecule has 0 saturated heterocycles. The molecule has 0 bridgehead atoms. The molecule has 0 spiro atoms. The molecule has 0 saturated carbocycles. The van der Waals surface area contributed by atoms with Gasteiger partial charge in [0.15, 0.2) is 0 Å². The van der Waals surface area contributed by atoms with E-state index in [0.29, 0.717) is 17.7 Å². The smallest absolute Gasteiger partial charge is 0.135 e. The number of hydrogen-bond donors (Lipinski definition) is 0. The Morgan fingerprint density at radius 3 is 2.74 bits per heavy atom. The lowest BCUT2D eigenvalue weighted by atomic mass is 10.1. The third kappa shape index (κ3) is 3.58. The van der Waals surface area contributed by atoms with Crippen LogP contribution in [0.25, 0.3) is 10.9 Å². The molecule has 0 atom stereocenters. The van der Waals surface area contributed by atoms with Gasteiger partial charge in [-0.05, 0) is 24.1 Å². The Morgan fingerprint density at radius 2 is 2.05 bits per heavy atom. The molecule has 4 heteroatoms. The van der Waals surface area contributed by atoms with Crippen molar-refractivity contribution in [1.29, 1.82) is 0 Å². The Balaban J connectivity index is 2.23. The topological polar surface area (TPSA) is 31.4 Å². The van der Waals surface area contributed by atoms with Gasteiger partial charge in [0, 0.05) is 23.6 Å². The van der Waals surface area contributed by atoms with Crippen LogP contribution in [0.4, 0.5) is 0 Å². The largest absolute Gasteiger partial charge is 0.497 e. The standard InChI is InChI=1S/C15H18ClNO2/c1-10(2)8-19-9-12-6-11-4-5-13(18-3)7-14(11)17-15(12)16/h4-7,10H,8-9H2,1-3H3. The maximum atomic E-state index is 6.18. The predicted molar refractivity (Wildman–Crippen MR) is 77.8 cm³/mol. The van der Waals surface area contributed by atoms with Crippen molar-refractivity contribution in [2.75, 3.05) is 13.7 Å². The first kappa shape index (κ1) is 14.1. The molecule has 2 aromatic rings. The Bertz CT molecular complexity index is 569. The zero-order valence-electron chi connectivity index (χ0n) is 11.4. The molecule has 1 aromatic carbocycles. The van der Waals surface area contributed by atoms with Crippen molar-refractivity contribution in [3.05, 3.63) is 35.0 Å². The minimum atomic E-state index is 0.490.